The predicted octanol–water partition coefficient (Wildman–Crippen LogP) is 0.353. The molecule has 116 valence electrons. The first kappa shape index (κ1) is 18.4. The molecule has 7 heteroatoms. The van der Waals surface area contributed by atoms with E-state index in [1.807, 2.05) is 0 Å². The number of hydrogen-bond donors (Lipinski definition) is 2. The molecule has 0 radical (unpaired) electrons. The monoisotopic (exact) mass is 287 g/mol. The highest BCUT2D eigenvalue weighted by atomic mass is 16.5. The number of hydrogen-bond acceptors (Lipinski definition) is 5. The summed E-state index contributed by atoms with van der Waals surface area (Å²) in [6, 6.07) is -0.514. The van der Waals surface area contributed by atoms with Crippen LogP contribution >= 0.6 is 0 Å². The zero-order valence-corrected chi connectivity index (χ0v) is 12.7. The van der Waals surface area contributed by atoms with Gasteiger partial charge in [-0.1, -0.05) is 13.8 Å². The summed E-state index contributed by atoms with van der Waals surface area (Å²) in [6.45, 7) is 6.61. The number of urea groups is 1. The van der Waals surface area contributed by atoms with Gasteiger partial charge in [-0.15, -0.1) is 0 Å². The molecular weight excluding hydrogens is 262 g/mol. The largest absolute Gasteiger partial charge is 0.465 e. The molecule has 0 aromatic carbocycles. The van der Waals surface area contributed by atoms with Gasteiger partial charge in [0.1, 0.15) is 0 Å². The fourth-order valence-electron chi connectivity index (χ4n) is 1.41. The van der Waals surface area contributed by atoms with E-state index < -0.39 is 17.9 Å². The molecule has 7 nitrogen and oxygen atoms in total. The fourth-order valence-corrected chi connectivity index (χ4v) is 1.41. The van der Waals surface area contributed by atoms with Crippen molar-refractivity contribution in [3.8, 4) is 0 Å². The van der Waals surface area contributed by atoms with E-state index in [2.05, 4.69) is 24.5 Å². The molecule has 0 spiro atoms. The maximum atomic E-state index is 11.5. The van der Waals surface area contributed by atoms with Gasteiger partial charge >= 0.3 is 12.0 Å². The van der Waals surface area contributed by atoms with Crippen LogP contribution in [0, 0.1) is 5.92 Å². The Morgan fingerprint density at radius 3 is 2.40 bits per heavy atom. The van der Waals surface area contributed by atoms with Gasteiger partial charge in [0.05, 0.1) is 19.7 Å². The van der Waals surface area contributed by atoms with Gasteiger partial charge in [-0.3, -0.25) is 19.8 Å². The number of carbonyl (C=O) groups is 3. The van der Waals surface area contributed by atoms with E-state index in [1.54, 1.807) is 14.0 Å². The van der Waals surface area contributed by atoms with E-state index >= 15 is 0 Å². The molecule has 0 aromatic heterocycles. The quantitative estimate of drug-likeness (QED) is 0.629. The maximum absolute atomic E-state index is 11.5. The third-order valence-electron chi connectivity index (χ3n) is 2.38. The molecule has 0 saturated heterocycles. The number of imide groups is 1. The summed E-state index contributed by atoms with van der Waals surface area (Å²) in [5.74, 6) is -0.371. The lowest BCUT2D eigenvalue weighted by atomic mass is 10.1. The molecule has 0 fully saturated rings. The van der Waals surface area contributed by atoms with Crippen molar-refractivity contribution < 1.29 is 19.1 Å². The third kappa shape index (κ3) is 10.3. The first-order chi connectivity index (χ1) is 9.35. The van der Waals surface area contributed by atoms with Crippen LogP contribution < -0.4 is 10.6 Å². The van der Waals surface area contributed by atoms with Gasteiger partial charge in [0, 0.05) is 6.54 Å². The molecule has 0 aromatic rings. The van der Waals surface area contributed by atoms with E-state index in [-0.39, 0.29) is 13.1 Å². The Labute approximate surface area is 120 Å². The number of carbonyl (C=O) groups excluding carboxylic acids is 3. The van der Waals surface area contributed by atoms with E-state index in [0.29, 0.717) is 19.1 Å². The number of amides is 3. The molecule has 0 bridgehead atoms. The zero-order chi connectivity index (χ0) is 15.5. The minimum atomic E-state index is -0.514. The van der Waals surface area contributed by atoms with Crippen molar-refractivity contribution in [3.05, 3.63) is 0 Å². The molecule has 3 amide bonds. The maximum Gasteiger partial charge on any atom is 0.321 e. The fraction of sp³-hybridized carbons (Fsp3) is 0.769. The lowest BCUT2D eigenvalue weighted by Crippen LogP contribution is -2.45. The van der Waals surface area contributed by atoms with Crippen molar-refractivity contribution >= 4 is 17.9 Å². The SMILES string of the molecule is CCOC(=O)CN(C)CC(=O)NC(=O)NCCC(C)C. The van der Waals surface area contributed by atoms with Crippen LogP contribution in [0.2, 0.25) is 0 Å². The van der Waals surface area contributed by atoms with Crippen molar-refractivity contribution in [3.63, 3.8) is 0 Å². The van der Waals surface area contributed by atoms with Crippen LogP contribution in [0.4, 0.5) is 4.79 Å². The van der Waals surface area contributed by atoms with E-state index in [0.717, 1.165) is 6.42 Å². The van der Waals surface area contributed by atoms with Crippen molar-refractivity contribution in [2.24, 2.45) is 5.92 Å². The Bertz CT molecular complexity index is 332. The Balaban J connectivity index is 3.86. The number of esters is 1. The van der Waals surface area contributed by atoms with Gasteiger partial charge in [-0.25, -0.2) is 4.79 Å². The number of nitrogens with zero attached hydrogens (tertiary/aromatic N) is 1. The van der Waals surface area contributed by atoms with Crippen molar-refractivity contribution in [1.82, 2.24) is 15.5 Å². The third-order valence-corrected chi connectivity index (χ3v) is 2.38. The second kappa shape index (κ2) is 10.2. The van der Waals surface area contributed by atoms with Crippen LogP contribution in [0.25, 0.3) is 0 Å². The number of nitrogens with one attached hydrogen (secondary N) is 2. The lowest BCUT2D eigenvalue weighted by Gasteiger charge is -2.15. The highest BCUT2D eigenvalue weighted by Gasteiger charge is 2.13. The van der Waals surface area contributed by atoms with E-state index in [9.17, 15) is 14.4 Å². The molecule has 20 heavy (non-hydrogen) atoms. The van der Waals surface area contributed by atoms with Gasteiger partial charge < -0.3 is 10.1 Å². The van der Waals surface area contributed by atoms with Crippen molar-refractivity contribution in [1.29, 1.82) is 0 Å². The summed E-state index contributed by atoms with van der Waals surface area (Å²) >= 11 is 0. The molecule has 2 N–H and O–H groups in total. The van der Waals surface area contributed by atoms with Crippen molar-refractivity contribution in [2.75, 3.05) is 33.3 Å². The molecule has 0 unspecified atom stereocenters. The van der Waals surface area contributed by atoms with Crippen LogP contribution in [0.3, 0.4) is 0 Å². The van der Waals surface area contributed by atoms with Crippen LogP contribution in [0.5, 0.6) is 0 Å². The van der Waals surface area contributed by atoms with E-state index in [1.165, 1.54) is 4.90 Å². The molecule has 0 rings (SSSR count). The average Bonchev–Trinajstić information content (AvgIpc) is 2.27. The molecular formula is C13H25N3O4. The Morgan fingerprint density at radius 1 is 1.20 bits per heavy atom. The first-order valence-corrected chi connectivity index (χ1v) is 6.77. The summed E-state index contributed by atoms with van der Waals surface area (Å²) in [6.07, 6.45) is 0.852. The second-order valence-corrected chi connectivity index (χ2v) is 4.96. The summed E-state index contributed by atoms with van der Waals surface area (Å²) in [7, 11) is 1.60. The van der Waals surface area contributed by atoms with Gasteiger partial charge in [-0.05, 0) is 26.3 Å². The summed E-state index contributed by atoms with van der Waals surface area (Å²) < 4.78 is 4.76. The first-order valence-electron chi connectivity index (χ1n) is 6.77. The van der Waals surface area contributed by atoms with Crippen LogP contribution in [-0.2, 0) is 14.3 Å². The normalized spacial score (nSPS) is 10.5. The highest BCUT2D eigenvalue weighted by molar-refractivity contribution is 5.95. The Hall–Kier alpha value is -1.63. The molecule has 0 aliphatic rings. The molecule has 0 aliphatic carbocycles. The second-order valence-electron chi connectivity index (χ2n) is 4.96. The molecule has 0 saturated carbocycles. The average molecular weight is 287 g/mol. The number of ether oxygens (including phenoxy) is 1. The van der Waals surface area contributed by atoms with Gasteiger partial charge in [0.15, 0.2) is 0 Å². The number of likely N-dealkylation sites (N-methyl/N-ethyl adjacent to an activating group) is 1. The summed E-state index contributed by atoms with van der Waals surface area (Å²) in [5, 5.41) is 4.81. The summed E-state index contributed by atoms with van der Waals surface area (Å²) in [5.41, 5.74) is 0. The highest BCUT2D eigenvalue weighted by Crippen LogP contribution is 1.95. The predicted molar refractivity (Wildman–Crippen MR) is 75.1 cm³/mol. The van der Waals surface area contributed by atoms with Crippen LogP contribution in [0.1, 0.15) is 27.2 Å². The zero-order valence-electron chi connectivity index (χ0n) is 12.7. The van der Waals surface area contributed by atoms with Crippen LogP contribution in [-0.4, -0.2) is 56.1 Å². The molecule has 0 heterocycles. The molecule has 0 aliphatic heterocycles. The standard InChI is InChI=1S/C13H25N3O4/c1-5-20-12(18)9-16(4)8-11(17)15-13(19)14-7-6-10(2)3/h10H,5-9H2,1-4H3,(H2,14,15,17,19). The number of rotatable bonds is 8. The summed E-state index contributed by atoms with van der Waals surface area (Å²) in [4.78, 5) is 35.6. The minimum Gasteiger partial charge on any atom is -0.465 e. The van der Waals surface area contributed by atoms with Gasteiger partial charge in [0.2, 0.25) is 5.91 Å². The van der Waals surface area contributed by atoms with E-state index in [4.69, 9.17) is 4.74 Å². The van der Waals surface area contributed by atoms with Crippen LogP contribution in [0.15, 0.2) is 0 Å². The van der Waals surface area contributed by atoms with Gasteiger partial charge in [0.25, 0.3) is 0 Å². The smallest absolute Gasteiger partial charge is 0.321 e. The van der Waals surface area contributed by atoms with Crippen molar-refractivity contribution in [2.45, 2.75) is 27.2 Å². The minimum absolute atomic E-state index is 0.0101. The Morgan fingerprint density at radius 2 is 1.85 bits per heavy atom. The topological polar surface area (TPSA) is 87.7 Å². The Kier molecular flexibility index (Phi) is 9.36. The van der Waals surface area contributed by atoms with Gasteiger partial charge in [-0.2, -0.15) is 0 Å². The lowest BCUT2D eigenvalue weighted by molar-refractivity contribution is -0.144. The molecule has 0 atom stereocenters.